The van der Waals surface area contributed by atoms with Gasteiger partial charge in [-0.1, -0.05) is 12.1 Å². The average Bonchev–Trinajstić information content (AvgIpc) is 1.62. The summed E-state index contributed by atoms with van der Waals surface area (Å²) in [6.07, 6.45) is 2.90. The minimum absolute atomic E-state index is 0.412. The summed E-state index contributed by atoms with van der Waals surface area (Å²) in [5.41, 5.74) is 0. The molecule has 1 saturated heterocycles. The molecular weight excluding hydrogens is 114 g/mol. The van der Waals surface area contributed by atoms with Crippen LogP contribution in [0.4, 0.5) is 0 Å². The van der Waals surface area contributed by atoms with Gasteiger partial charge in [-0.05, 0) is 25.9 Å². The summed E-state index contributed by atoms with van der Waals surface area (Å²) < 4.78 is 0. The van der Waals surface area contributed by atoms with Crippen LogP contribution in [-0.4, -0.2) is 22.6 Å². The lowest BCUT2D eigenvalue weighted by molar-refractivity contribution is 0.647. The Balaban J connectivity index is 2.00. The van der Waals surface area contributed by atoms with Gasteiger partial charge in [0.05, 0.1) is 0 Å². The molecule has 2 heteroatoms. The van der Waals surface area contributed by atoms with Crippen LogP contribution < -0.4 is 5.32 Å². The van der Waals surface area contributed by atoms with E-state index in [2.05, 4.69) is 5.32 Å². The maximum absolute atomic E-state index is 3.41. The smallest absolute Gasteiger partial charge is 0.0198 e. The predicted octanol–water partition coefficient (Wildman–Crippen LogP) is 0.375. The van der Waals surface area contributed by atoms with E-state index in [0.717, 1.165) is 0 Å². The van der Waals surface area contributed by atoms with Crippen molar-refractivity contribution in [1.29, 1.82) is 0 Å². The molecule has 1 heterocycles. The number of nitrogens with one attached hydrogen (secondary N) is 1. The standard InChI is InChI=1S/C6H15NSi/c1-3-7-4-2-6-8-5-1/h7H,1-6,8H2. The lowest BCUT2D eigenvalue weighted by Gasteiger charge is -2.07. The first-order valence-corrected chi connectivity index (χ1v) is 5.71. The molecule has 0 amide bonds. The minimum Gasteiger partial charge on any atom is -0.317 e. The maximum Gasteiger partial charge on any atom is 0.0198 e. The molecule has 0 saturated carbocycles. The van der Waals surface area contributed by atoms with Crippen LogP contribution in [0, 0.1) is 0 Å². The Bertz CT molecular complexity index is 32.5. The van der Waals surface area contributed by atoms with Crippen molar-refractivity contribution in [3.8, 4) is 0 Å². The van der Waals surface area contributed by atoms with Crippen molar-refractivity contribution < 1.29 is 0 Å². The second-order valence-corrected chi connectivity index (χ2v) is 4.64. The molecule has 0 aromatic rings. The zero-order valence-corrected chi connectivity index (χ0v) is 6.86. The first kappa shape index (κ1) is 6.30. The molecule has 0 aliphatic carbocycles. The first-order valence-electron chi connectivity index (χ1n) is 3.71. The van der Waals surface area contributed by atoms with Gasteiger partial charge in [-0.25, -0.2) is 0 Å². The Hall–Kier alpha value is 0.177. The predicted molar refractivity (Wildman–Crippen MR) is 40.3 cm³/mol. The molecule has 1 nitrogen and oxygen atoms in total. The van der Waals surface area contributed by atoms with Crippen LogP contribution in [0.3, 0.4) is 0 Å². The molecule has 1 rings (SSSR count). The molecule has 0 aromatic heterocycles. The molecule has 8 heavy (non-hydrogen) atoms. The molecule has 0 radical (unpaired) electrons. The van der Waals surface area contributed by atoms with Gasteiger partial charge in [0.25, 0.3) is 0 Å². The van der Waals surface area contributed by atoms with E-state index in [9.17, 15) is 0 Å². The molecule has 0 spiro atoms. The summed E-state index contributed by atoms with van der Waals surface area (Å²) in [5.74, 6) is 0. The Morgan fingerprint density at radius 2 is 1.62 bits per heavy atom. The van der Waals surface area contributed by atoms with Gasteiger partial charge in [0.2, 0.25) is 0 Å². The zero-order valence-electron chi connectivity index (χ0n) is 5.45. The zero-order chi connectivity index (χ0) is 5.66. The maximum atomic E-state index is 3.41. The normalized spacial score (nSPS) is 24.0. The van der Waals surface area contributed by atoms with Crippen molar-refractivity contribution in [3.63, 3.8) is 0 Å². The average molecular weight is 129 g/mol. The number of hydrogen-bond donors (Lipinski definition) is 1. The van der Waals surface area contributed by atoms with Crippen LogP contribution in [0.15, 0.2) is 0 Å². The Kier molecular flexibility index (Phi) is 3.22. The minimum atomic E-state index is 0.412. The summed E-state index contributed by atoms with van der Waals surface area (Å²) in [6, 6.07) is 3.15. The van der Waals surface area contributed by atoms with Crippen molar-refractivity contribution >= 4 is 9.52 Å². The molecule has 1 aliphatic rings. The highest BCUT2D eigenvalue weighted by molar-refractivity contribution is 6.35. The van der Waals surface area contributed by atoms with Crippen molar-refractivity contribution in [2.24, 2.45) is 0 Å². The van der Waals surface area contributed by atoms with Gasteiger partial charge in [-0.2, -0.15) is 0 Å². The van der Waals surface area contributed by atoms with Crippen LogP contribution in [0.2, 0.25) is 12.1 Å². The molecule has 48 valence electrons. The van der Waals surface area contributed by atoms with Gasteiger partial charge in [-0.15, -0.1) is 0 Å². The number of hydrogen-bond acceptors (Lipinski definition) is 1. The summed E-state index contributed by atoms with van der Waals surface area (Å²) >= 11 is 0. The van der Waals surface area contributed by atoms with E-state index in [0.29, 0.717) is 9.52 Å². The first-order chi connectivity index (χ1) is 4.00. The fourth-order valence-electron chi connectivity index (χ4n) is 1.16. The summed E-state index contributed by atoms with van der Waals surface area (Å²) in [6.45, 7) is 2.57. The highest BCUT2D eigenvalue weighted by Crippen LogP contribution is 1.97. The second kappa shape index (κ2) is 4.10. The highest BCUT2D eigenvalue weighted by atomic mass is 28.2. The summed E-state index contributed by atoms with van der Waals surface area (Å²) in [5, 5.41) is 3.41. The second-order valence-electron chi connectivity index (χ2n) is 2.52. The van der Waals surface area contributed by atoms with Crippen LogP contribution in [0.25, 0.3) is 0 Å². The van der Waals surface area contributed by atoms with E-state index in [1.807, 2.05) is 0 Å². The van der Waals surface area contributed by atoms with Gasteiger partial charge < -0.3 is 5.32 Å². The van der Waals surface area contributed by atoms with Crippen LogP contribution in [0.5, 0.6) is 0 Å². The Morgan fingerprint density at radius 1 is 1.00 bits per heavy atom. The third-order valence-electron chi connectivity index (χ3n) is 1.71. The molecule has 0 atom stereocenters. The van der Waals surface area contributed by atoms with Crippen LogP contribution >= 0.6 is 0 Å². The third-order valence-corrected chi connectivity index (χ3v) is 3.71. The van der Waals surface area contributed by atoms with Gasteiger partial charge in [0.15, 0.2) is 0 Å². The molecule has 1 fully saturated rings. The molecule has 1 N–H and O–H groups in total. The summed E-state index contributed by atoms with van der Waals surface area (Å²) in [4.78, 5) is 0. The van der Waals surface area contributed by atoms with Crippen LogP contribution in [0.1, 0.15) is 12.8 Å². The Labute approximate surface area is 53.7 Å². The molecule has 0 unspecified atom stereocenters. The van der Waals surface area contributed by atoms with E-state index in [-0.39, 0.29) is 0 Å². The van der Waals surface area contributed by atoms with Crippen molar-refractivity contribution in [1.82, 2.24) is 5.32 Å². The fourth-order valence-corrected chi connectivity index (χ4v) is 2.72. The van der Waals surface area contributed by atoms with Crippen molar-refractivity contribution in [2.45, 2.75) is 24.9 Å². The summed E-state index contributed by atoms with van der Waals surface area (Å²) in [7, 11) is 0.412. The highest BCUT2D eigenvalue weighted by Gasteiger charge is 1.95. The van der Waals surface area contributed by atoms with E-state index < -0.39 is 0 Å². The molecule has 0 aromatic carbocycles. The fraction of sp³-hybridized carbons (Fsp3) is 1.00. The van der Waals surface area contributed by atoms with E-state index in [1.165, 1.54) is 25.9 Å². The van der Waals surface area contributed by atoms with Gasteiger partial charge in [-0.3, -0.25) is 0 Å². The monoisotopic (exact) mass is 129 g/mol. The SMILES string of the molecule is C1CNCCC[SiH2]C1. The molecule has 1 aliphatic heterocycles. The van der Waals surface area contributed by atoms with Gasteiger partial charge in [0, 0.05) is 9.52 Å². The topological polar surface area (TPSA) is 12.0 Å². The lowest BCUT2D eigenvalue weighted by atomic mass is 10.4. The number of rotatable bonds is 0. The van der Waals surface area contributed by atoms with E-state index in [4.69, 9.17) is 0 Å². The van der Waals surface area contributed by atoms with Crippen molar-refractivity contribution in [2.75, 3.05) is 13.1 Å². The van der Waals surface area contributed by atoms with Gasteiger partial charge >= 0.3 is 0 Å². The Morgan fingerprint density at radius 3 is 2.25 bits per heavy atom. The van der Waals surface area contributed by atoms with Gasteiger partial charge in [0.1, 0.15) is 0 Å². The molecule has 0 bridgehead atoms. The van der Waals surface area contributed by atoms with E-state index in [1.54, 1.807) is 12.1 Å². The quantitative estimate of drug-likeness (QED) is 0.466. The third kappa shape index (κ3) is 2.48. The van der Waals surface area contributed by atoms with E-state index >= 15 is 0 Å². The largest absolute Gasteiger partial charge is 0.317 e. The lowest BCUT2D eigenvalue weighted by Crippen LogP contribution is -2.19. The van der Waals surface area contributed by atoms with Crippen LogP contribution in [-0.2, 0) is 0 Å². The molecular formula is C6H15NSi. The van der Waals surface area contributed by atoms with Crippen molar-refractivity contribution in [3.05, 3.63) is 0 Å².